The van der Waals surface area contributed by atoms with Gasteiger partial charge in [-0.05, 0) is 37.6 Å². The molecule has 3 atom stereocenters. The molecule has 0 bridgehead atoms. The summed E-state index contributed by atoms with van der Waals surface area (Å²) >= 11 is 0. The molecular weight excluding hydrogens is 222 g/mol. The summed E-state index contributed by atoms with van der Waals surface area (Å²) in [6.07, 6.45) is 2.61. The van der Waals surface area contributed by atoms with E-state index in [2.05, 4.69) is 57.3 Å². The van der Waals surface area contributed by atoms with Gasteiger partial charge in [0.05, 0.1) is 0 Å². The highest BCUT2D eigenvalue weighted by molar-refractivity contribution is 5.28. The summed E-state index contributed by atoms with van der Waals surface area (Å²) in [6, 6.07) is 8.95. The Morgan fingerprint density at radius 1 is 1.39 bits per heavy atom. The molecule has 1 saturated carbocycles. The highest BCUT2D eigenvalue weighted by Gasteiger charge is 2.51. The van der Waals surface area contributed by atoms with Crippen molar-refractivity contribution in [2.45, 2.75) is 52.7 Å². The fourth-order valence-corrected chi connectivity index (χ4v) is 2.89. The minimum Gasteiger partial charge on any atom is -0.490 e. The molecule has 1 N–H and O–H groups in total. The van der Waals surface area contributed by atoms with Crippen LogP contribution >= 0.6 is 0 Å². The summed E-state index contributed by atoms with van der Waals surface area (Å²) in [4.78, 5) is 0. The standard InChI is InChI=1S/C16H25NO/c1-5-16(4)14(17-6-2)11-15(16)18-13-9-7-8-12(3)10-13/h7-10,14-15,17H,5-6,11H2,1-4H3. The van der Waals surface area contributed by atoms with E-state index < -0.39 is 0 Å². The number of hydrogen-bond acceptors (Lipinski definition) is 2. The third-order valence-corrected chi connectivity index (χ3v) is 4.46. The van der Waals surface area contributed by atoms with Crippen molar-refractivity contribution in [3.8, 4) is 5.75 Å². The molecule has 1 aromatic rings. The molecule has 1 fully saturated rings. The maximum Gasteiger partial charge on any atom is 0.120 e. The molecule has 3 unspecified atom stereocenters. The molecule has 18 heavy (non-hydrogen) atoms. The van der Waals surface area contributed by atoms with Gasteiger partial charge >= 0.3 is 0 Å². The van der Waals surface area contributed by atoms with Crippen molar-refractivity contribution in [1.29, 1.82) is 0 Å². The smallest absolute Gasteiger partial charge is 0.120 e. The van der Waals surface area contributed by atoms with Crippen molar-refractivity contribution < 1.29 is 4.74 Å². The molecule has 0 aromatic heterocycles. The average molecular weight is 247 g/mol. The Morgan fingerprint density at radius 3 is 2.78 bits per heavy atom. The summed E-state index contributed by atoms with van der Waals surface area (Å²) in [5.74, 6) is 1.01. The van der Waals surface area contributed by atoms with Gasteiger partial charge in [-0.2, -0.15) is 0 Å². The SMILES string of the molecule is CCNC1CC(Oc2cccc(C)c2)C1(C)CC. The Morgan fingerprint density at radius 2 is 2.17 bits per heavy atom. The Hall–Kier alpha value is -1.02. The molecule has 2 nitrogen and oxygen atoms in total. The van der Waals surface area contributed by atoms with Gasteiger partial charge in [0.25, 0.3) is 0 Å². The normalized spacial score (nSPS) is 30.9. The first-order valence-corrected chi connectivity index (χ1v) is 7.07. The summed E-state index contributed by atoms with van der Waals surface area (Å²) < 4.78 is 6.17. The molecule has 0 spiro atoms. The summed E-state index contributed by atoms with van der Waals surface area (Å²) in [5, 5.41) is 3.57. The predicted molar refractivity (Wildman–Crippen MR) is 76.1 cm³/mol. The van der Waals surface area contributed by atoms with Crippen LogP contribution in [0.15, 0.2) is 24.3 Å². The lowest BCUT2D eigenvalue weighted by atomic mass is 9.61. The molecule has 0 aliphatic heterocycles. The zero-order valence-electron chi connectivity index (χ0n) is 12.0. The topological polar surface area (TPSA) is 21.3 Å². The third kappa shape index (κ3) is 2.39. The fourth-order valence-electron chi connectivity index (χ4n) is 2.89. The quantitative estimate of drug-likeness (QED) is 0.859. The van der Waals surface area contributed by atoms with Gasteiger partial charge in [0.15, 0.2) is 0 Å². The molecule has 0 amide bonds. The van der Waals surface area contributed by atoms with Crippen molar-refractivity contribution >= 4 is 0 Å². The molecule has 0 saturated heterocycles. The molecule has 2 rings (SSSR count). The second kappa shape index (κ2) is 5.31. The minimum atomic E-state index is 0.264. The first kappa shape index (κ1) is 13.4. The van der Waals surface area contributed by atoms with Crippen LogP contribution in [-0.2, 0) is 0 Å². The van der Waals surface area contributed by atoms with Crippen LogP contribution in [0.25, 0.3) is 0 Å². The molecule has 100 valence electrons. The second-order valence-corrected chi connectivity index (χ2v) is 5.63. The fraction of sp³-hybridized carbons (Fsp3) is 0.625. The molecule has 0 radical (unpaired) electrons. The third-order valence-electron chi connectivity index (χ3n) is 4.46. The van der Waals surface area contributed by atoms with Crippen molar-refractivity contribution in [2.24, 2.45) is 5.41 Å². The maximum atomic E-state index is 6.17. The van der Waals surface area contributed by atoms with Crippen molar-refractivity contribution in [3.05, 3.63) is 29.8 Å². The summed E-state index contributed by atoms with van der Waals surface area (Å²) in [7, 11) is 0. The predicted octanol–water partition coefficient (Wildman–Crippen LogP) is 3.54. The zero-order valence-corrected chi connectivity index (χ0v) is 12.0. The van der Waals surface area contributed by atoms with Gasteiger partial charge in [0.1, 0.15) is 11.9 Å². The van der Waals surface area contributed by atoms with E-state index in [0.717, 1.165) is 25.1 Å². The van der Waals surface area contributed by atoms with Gasteiger partial charge in [-0.3, -0.25) is 0 Å². The first-order valence-electron chi connectivity index (χ1n) is 7.07. The van der Waals surface area contributed by atoms with Crippen LogP contribution < -0.4 is 10.1 Å². The Bertz CT molecular complexity index is 404. The van der Waals surface area contributed by atoms with Gasteiger partial charge in [-0.1, -0.05) is 32.9 Å². The van der Waals surface area contributed by atoms with Crippen LogP contribution in [0.2, 0.25) is 0 Å². The number of ether oxygens (including phenoxy) is 1. The highest BCUT2D eigenvalue weighted by atomic mass is 16.5. The number of rotatable bonds is 5. The summed E-state index contributed by atoms with van der Waals surface area (Å²) in [6.45, 7) is 9.91. The van der Waals surface area contributed by atoms with Gasteiger partial charge in [0.2, 0.25) is 0 Å². The van der Waals surface area contributed by atoms with Crippen LogP contribution in [0.5, 0.6) is 5.75 Å². The minimum absolute atomic E-state index is 0.264. The number of nitrogens with one attached hydrogen (secondary N) is 1. The average Bonchev–Trinajstić information content (AvgIpc) is 2.36. The highest BCUT2D eigenvalue weighted by Crippen LogP contribution is 2.46. The molecule has 2 heteroatoms. The Labute approximate surface area is 111 Å². The van der Waals surface area contributed by atoms with E-state index in [4.69, 9.17) is 4.74 Å². The van der Waals surface area contributed by atoms with E-state index in [1.54, 1.807) is 0 Å². The van der Waals surface area contributed by atoms with Gasteiger partial charge in [-0.15, -0.1) is 0 Å². The Balaban J connectivity index is 2.03. The van der Waals surface area contributed by atoms with Crippen molar-refractivity contribution in [3.63, 3.8) is 0 Å². The molecule has 1 aliphatic carbocycles. The Kier molecular flexibility index (Phi) is 3.96. The van der Waals surface area contributed by atoms with Gasteiger partial charge in [0, 0.05) is 17.9 Å². The van der Waals surface area contributed by atoms with Crippen LogP contribution in [-0.4, -0.2) is 18.7 Å². The van der Waals surface area contributed by atoms with Gasteiger partial charge < -0.3 is 10.1 Å². The lowest BCUT2D eigenvalue weighted by Crippen LogP contribution is -2.63. The number of benzene rings is 1. The molecule has 1 aromatic carbocycles. The second-order valence-electron chi connectivity index (χ2n) is 5.63. The van der Waals surface area contributed by atoms with Gasteiger partial charge in [-0.25, -0.2) is 0 Å². The number of aryl methyl sites for hydroxylation is 1. The van der Waals surface area contributed by atoms with Crippen molar-refractivity contribution in [2.75, 3.05) is 6.54 Å². The van der Waals surface area contributed by atoms with E-state index in [0.29, 0.717) is 12.1 Å². The van der Waals surface area contributed by atoms with Crippen molar-refractivity contribution in [1.82, 2.24) is 5.32 Å². The van der Waals surface area contributed by atoms with E-state index in [1.807, 2.05) is 0 Å². The summed E-state index contributed by atoms with van der Waals surface area (Å²) in [5.41, 5.74) is 1.52. The van der Waals surface area contributed by atoms with E-state index in [9.17, 15) is 0 Å². The van der Waals surface area contributed by atoms with Crippen LogP contribution in [0.4, 0.5) is 0 Å². The van der Waals surface area contributed by atoms with Crippen LogP contribution in [0, 0.1) is 12.3 Å². The molecule has 1 aliphatic rings. The van der Waals surface area contributed by atoms with E-state index >= 15 is 0 Å². The van der Waals surface area contributed by atoms with E-state index in [1.165, 1.54) is 5.56 Å². The lowest BCUT2D eigenvalue weighted by molar-refractivity contribution is -0.0697. The molecular formula is C16H25NO. The first-order chi connectivity index (χ1) is 8.60. The lowest BCUT2D eigenvalue weighted by Gasteiger charge is -2.53. The van der Waals surface area contributed by atoms with Crippen LogP contribution in [0.3, 0.4) is 0 Å². The molecule has 0 heterocycles. The number of hydrogen-bond donors (Lipinski definition) is 1. The van der Waals surface area contributed by atoms with Crippen LogP contribution in [0.1, 0.15) is 39.2 Å². The van der Waals surface area contributed by atoms with E-state index in [-0.39, 0.29) is 5.41 Å². The zero-order chi connectivity index (χ0) is 13.2. The largest absolute Gasteiger partial charge is 0.490 e. The monoisotopic (exact) mass is 247 g/mol. The maximum absolute atomic E-state index is 6.17.